The van der Waals surface area contributed by atoms with E-state index in [0.29, 0.717) is 5.41 Å². The van der Waals surface area contributed by atoms with Gasteiger partial charge in [0.25, 0.3) is 0 Å². The Kier molecular flexibility index (Phi) is 2.60. The van der Waals surface area contributed by atoms with E-state index in [0.717, 1.165) is 6.42 Å². The average Bonchev–Trinajstić information content (AvgIpc) is 1.88. The van der Waals surface area contributed by atoms with Gasteiger partial charge in [-0.1, -0.05) is 0 Å². The van der Waals surface area contributed by atoms with Crippen LogP contribution in [0.4, 0.5) is 0 Å². The summed E-state index contributed by atoms with van der Waals surface area (Å²) in [5.74, 6) is 0. The molecule has 10 heavy (non-hydrogen) atoms. The summed E-state index contributed by atoms with van der Waals surface area (Å²) in [6.45, 7) is 6.92. The fourth-order valence-electron chi connectivity index (χ4n) is 0.883. The Hall–Kier alpha value is 0.270. The van der Waals surface area contributed by atoms with Crippen LogP contribution in [0.5, 0.6) is 0 Å². The third kappa shape index (κ3) is 2.15. The van der Waals surface area contributed by atoms with Gasteiger partial charge in [0.15, 0.2) is 0 Å². The van der Waals surface area contributed by atoms with Crippen molar-refractivity contribution in [3.8, 4) is 0 Å². The summed E-state index contributed by atoms with van der Waals surface area (Å²) in [5, 5.41) is 0. The monoisotopic (exact) mass is 252 g/mol. The molecular weight excluding hydrogens is 236 g/mol. The Morgan fingerprint density at radius 1 is 1.40 bits per heavy atom. The molecule has 0 N–H and O–H groups in total. The molecule has 0 aromatic carbocycles. The van der Waals surface area contributed by atoms with Gasteiger partial charge in [-0.2, -0.15) is 0 Å². The zero-order chi connectivity index (χ0) is 7.61. The molecule has 0 amide bonds. The summed E-state index contributed by atoms with van der Waals surface area (Å²) in [5.41, 5.74) is 0.437. The normalized spacial score (nSPS) is 18.9. The molecule has 0 saturated heterocycles. The quantitative estimate of drug-likeness (QED) is 0.579. The van der Waals surface area contributed by atoms with Crippen LogP contribution in [0.2, 0.25) is 0 Å². The van der Waals surface area contributed by atoms with Crippen molar-refractivity contribution in [2.24, 2.45) is 5.41 Å². The van der Waals surface area contributed by atoms with Gasteiger partial charge in [0, 0.05) is 0 Å². The van der Waals surface area contributed by atoms with Crippen LogP contribution in [0.3, 0.4) is 0 Å². The maximum absolute atomic E-state index is 2.40. The first-order valence-corrected chi connectivity index (χ1v) is 6.14. The Balaban J connectivity index is 2.65. The summed E-state index contributed by atoms with van der Waals surface area (Å²) >= 11 is 0.0729. The first-order chi connectivity index (χ1) is 4.61. The number of rotatable bonds is 0. The molecule has 0 atom stereocenters. The second kappa shape index (κ2) is 3.11. The Morgan fingerprint density at radius 3 is 2.40 bits per heavy atom. The van der Waals surface area contributed by atoms with E-state index in [1.54, 1.807) is 3.62 Å². The molecule has 0 radical (unpaired) electrons. The fraction of sp³-hybridized carbons (Fsp3) is 0.556. The van der Waals surface area contributed by atoms with Crippen LogP contribution in [0, 0.1) is 5.41 Å². The van der Waals surface area contributed by atoms with Crippen molar-refractivity contribution in [1.29, 1.82) is 0 Å². The minimum atomic E-state index is 0.0729. The second-order valence-electron chi connectivity index (χ2n) is 3.54. The molecule has 1 heterocycles. The van der Waals surface area contributed by atoms with Gasteiger partial charge in [-0.15, -0.1) is 0 Å². The zero-order valence-electron chi connectivity index (χ0n) is 6.85. The van der Waals surface area contributed by atoms with Crippen molar-refractivity contribution < 1.29 is 0 Å². The van der Waals surface area contributed by atoms with Crippen molar-refractivity contribution in [2.45, 2.75) is 27.2 Å². The molecule has 0 saturated carbocycles. The van der Waals surface area contributed by atoms with E-state index in [1.165, 1.54) is 0 Å². The van der Waals surface area contributed by atoms with Crippen molar-refractivity contribution in [1.82, 2.24) is 0 Å². The van der Waals surface area contributed by atoms with Gasteiger partial charge in [0.1, 0.15) is 0 Å². The van der Waals surface area contributed by atoms with E-state index in [4.69, 9.17) is 0 Å². The van der Waals surface area contributed by atoms with Crippen LogP contribution < -0.4 is 0 Å². The van der Waals surface area contributed by atoms with E-state index in [1.807, 2.05) is 0 Å². The topological polar surface area (TPSA) is 0 Å². The molecule has 1 rings (SSSR count). The maximum atomic E-state index is 2.40. The number of allylic oxidation sites excluding steroid dienone is 3. The van der Waals surface area contributed by atoms with E-state index in [-0.39, 0.29) is 20.9 Å². The molecule has 0 bridgehead atoms. The summed E-state index contributed by atoms with van der Waals surface area (Å²) in [7, 11) is 0. The molecule has 56 valence electrons. The van der Waals surface area contributed by atoms with Gasteiger partial charge in [-0.25, -0.2) is 0 Å². The van der Waals surface area contributed by atoms with Gasteiger partial charge < -0.3 is 0 Å². The molecule has 1 aliphatic rings. The Bertz CT molecular complexity index is 170. The average molecular weight is 250 g/mol. The van der Waals surface area contributed by atoms with Gasteiger partial charge in [0.05, 0.1) is 0 Å². The van der Waals surface area contributed by atoms with Gasteiger partial charge in [0.2, 0.25) is 0 Å². The van der Waals surface area contributed by atoms with E-state index >= 15 is 0 Å². The predicted octanol–water partition coefficient (Wildman–Crippen LogP) is 2.54. The third-order valence-electron chi connectivity index (χ3n) is 1.47. The van der Waals surface area contributed by atoms with Crippen LogP contribution in [0.1, 0.15) is 27.2 Å². The zero-order valence-corrected chi connectivity index (χ0v) is 9.18. The first-order valence-electron chi connectivity index (χ1n) is 3.63. The summed E-state index contributed by atoms with van der Waals surface area (Å²) < 4.78 is 4.10. The van der Waals surface area contributed by atoms with Crippen LogP contribution in [-0.4, -0.2) is 20.9 Å². The number of hydrogen-bond donors (Lipinski definition) is 0. The van der Waals surface area contributed by atoms with Crippen LogP contribution in [-0.2, 0) is 0 Å². The molecule has 0 fully saturated rings. The Morgan fingerprint density at radius 2 is 2.10 bits per heavy atom. The van der Waals surface area contributed by atoms with E-state index in [9.17, 15) is 0 Å². The molecule has 0 aromatic heterocycles. The van der Waals surface area contributed by atoms with Crippen LogP contribution in [0.15, 0.2) is 19.9 Å². The molecule has 1 aliphatic heterocycles. The number of hydrogen-bond acceptors (Lipinski definition) is 0. The second-order valence-corrected chi connectivity index (χ2v) is 6.25. The minimum absolute atomic E-state index is 0.0729. The molecule has 0 aromatic rings. The molecule has 0 nitrogen and oxygen atoms in total. The first kappa shape index (κ1) is 8.37. The van der Waals surface area contributed by atoms with E-state index in [2.05, 4.69) is 37.0 Å². The van der Waals surface area contributed by atoms with E-state index < -0.39 is 0 Å². The third-order valence-corrected chi connectivity index (χ3v) is 5.36. The van der Waals surface area contributed by atoms with Crippen molar-refractivity contribution in [2.75, 3.05) is 0 Å². The van der Waals surface area contributed by atoms with Crippen molar-refractivity contribution in [3.63, 3.8) is 0 Å². The summed E-state index contributed by atoms with van der Waals surface area (Å²) in [6, 6.07) is 0. The predicted molar refractivity (Wildman–Crippen MR) is 47.0 cm³/mol. The summed E-state index contributed by atoms with van der Waals surface area (Å²) in [6.07, 6.45) is 5.86. The van der Waals surface area contributed by atoms with Crippen LogP contribution in [0.25, 0.3) is 0 Å². The molecule has 0 aliphatic carbocycles. The van der Waals surface area contributed by atoms with Crippen molar-refractivity contribution >= 4 is 20.9 Å². The molecule has 0 spiro atoms. The summed E-state index contributed by atoms with van der Waals surface area (Å²) in [4.78, 5) is 0. The van der Waals surface area contributed by atoms with Gasteiger partial charge in [-0.3, -0.25) is 0 Å². The van der Waals surface area contributed by atoms with Crippen molar-refractivity contribution in [3.05, 3.63) is 19.9 Å². The standard InChI is InChI=1S/C9H14Te/c1-9(2,3)8-6-4-5-7-10-8/h5-7H,4H2,1-3H3. The fourth-order valence-corrected chi connectivity index (χ4v) is 3.45. The van der Waals surface area contributed by atoms with Crippen LogP contribution >= 0.6 is 0 Å². The molecule has 1 heteroatoms. The SMILES string of the molecule is CC(C)(C)C1=CCC=C[Te]1. The molecule has 0 unspecified atom stereocenters. The molecular formula is C9H14Te. The van der Waals surface area contributed by atoms with Gasteiger partial charge >= 0.3 is 73.4 Å². The Labute approximate surface area is 73.5 Å². The van der Waals surface area contributed by atoms with Gasteiger partial charge in [-0.05, 0) is 0 Å².